The zero-order valence-corrected chi connectivity index (χ0v) is 28.1. The van der Waals surface area contributed by atoms with Crippen molar-refractivity contribution in [1.29, 1.82) is 0 Å². The van der Waals surface area contributed by atoms with Gasteiger partial charge in [-0.1, -0.05) is 48.5 Å². The molecular formula is C33H27IN6Zn. The van der Waals surface area contributed by atoms with Crippen molar-refractivity contribution >= 4 is 34.4 Å². The van der Waals surface area contributed by atoms with Crippen molar-refractivity contribution in [1.82, 2.24) is 14.8 Å². The molecule has 6 heterocycles. The van der Waals surface area contributed by atoms with Crippen molar-refractivity contribution in [2.45, 2.75) is 13.8 Å². The Balaban J connectivity index is 0.00000169. The number of hydrogen-bond donors (Lipinski definition) is 0. The molecule has 5 aliphatic heterocycles. The smallest absolute Gasteiger partial charge is 1.00 e. The maximum Gasteiger partial charge on any atom is 2.00 e. The molecular weight excluding hydrogens is 673 g/mol. The molecule has 0 saturated heterocycles. The van der Waals surface area contributed by atoms with E-state index < -0.39 is 0 Å². The Bertz CT molecular complexity index is 1710. The monoisotopic (exact) mass is 698 g/mol. The topological polar surface area (TPSA) is 57.7 Å². The third kappa shape index (κ3) is 5.38. The van der Waals surface area contributed by atoms with Gasteiger partial charge in [0.25, 0.3) is 0 Å². The Morgan fingerprint density at radius 1 is 0.683 bits per heavy atom. The summed E-state index contributed by atoms with van der Waals surface area (Å²) in [6.45, 7) is 6.03. The van der Waals surface area contributed by atoms with Crippen molar-refractivity contribution < 1.29 is 43.5 Å². The predicted octanol–water partition coefficient (Wildman–Crippen LogP) is 3.12. The first-order valence-electron chi connectivity index (χ1n) is 13.3. The van der Waals surface area contributed by atoms with Crippen LogP contribution in [-0.2, 0) is 19.5 Å². The maximum atomic E-state index is 5.06. The van der Waals surface area contributed by atoms with Gasteiger partial charge in [-0.15, -0.1) is 11.4 Å². The number of fused-ring (bicyclic) bond motifs is 5. The zero-order valence-electron chi connectivity index (χ0n) is 23.0. The molecule has 8 heteroatoms. The molecule has 0 atom stereocenters. The zero-order chi connectivity index (χ0) is 26.3. The number of hydrogen-bond acceptors (Lipinski definition) is 5. The standard InChI is InChI=1S/C33H27N6.HI.Zn/c1-3-38-18-19-39(4-2)33(38)32-29-16-12-25(36-29)20-23-10-14-27(34-23)31(22-8-6-5-7-9-22)28-15-11-24(35-28)21-26-13-17-30(32)37-26;;/h5-21H,3-4H2,1-2H3;1H;/q-1;;+2/p-1. The molecule has 0 fully saturated rings. The van der Waals surface area contributed by atoms with Crippen LogP contribution < -0.4 is 29.0 Å². The van der Waals surface area contributed by atoms with E-state index in [0.717, 1.165) is 81.2 Å². The van der Waals surface area contributed by atoms with E-state index in [1.807, 2.05) is 42.5 Å². The first-order chi connectivity index (χ1) is 19.2. The Morgan fingerprint density at radius 2 is 1.34 bits per heavy atom. The number of aliphatic imine (C=N–C) groups is 3. The Labute approximate surface area is 270 Å². The number of halogens is 1. The maximum absolute atomic E-state index is 5.06. The minimum atomic E-state index is 0. The molecule has 0 amide bonds. The Morgan fingerprint density at radius 3 is 2.02 bits per heavy atom. The first-order valence-corrected chi connectivity index (χ1v) is 13.3. The molecule has 0 radical (unpaired) electrons. The molecule has 41 heavy (non-hydrogen) atoms. The SMILES string of the molecule is CCN1C=CN(CC)C1=C1C2=NC(=CC3=NC(=C(c4ccccc4)C4=NC(=Cc5ccc1[n-]5)C=C4)C=C3)C=C2.[I-].[Zn+2]. The van der Waals surface area contributed by atoms with Crippen LogP contribution in [0.25, 0.3) is 17.2 Å². The molecule has 2 aromatic rings. The fourth-order valence-electron chi connectivity index (χ4n) is 5.35. The van der Waals surface area contributed by atoms with Crippen LogP contribution in [0.3, 0.4) is 0 Å². The van der Waals surface area contributed by atoms with Crippen molar-refractivity contribution in [2.24, 2.45) is 15.0 Å². The summed E-state index contributed by atoms with van der Waals surface area (Å²) in [4.78, 5) is 24.6. The number of nitrogens with zero attached hydrogens (tertiary/aromatic N) is 6. The minimum absolute atomic E-state index is 0. The second-order valence-electron chi connectivity index (χ2n) is 9.62. The van der Waals surface area contributed by atoms with Crippen LogP contribution in [0.2, 0.25) is 0 Å². The second kappa shape index (κ2) is 12.1. The van der Waals surface area contributed by atoms with E-state index >= 15 is 0 Å². The summed E-state index contributed by atoms with van der Waals surface area (Å²) >= 11 is 0. The molecule has 0 unspecified atom stereocenters. The summed E-state index contributed by atoms with van der Waals surface area (Å²) in [6, 6.07) is 14.5. The van der Waals surface area contributed by atoms with E-state index in [0.29, 0.717) is 0 Å². The Kier molecular flexibility index (Phi) is 8.52. The summed E-state index contributed by atoms with van der Waals surface area (Å²) in [5.74, 6) is 1.10. The van der Waals surface area contributed by atoms with Gasteiger partial charge in [0.15, 0.2) is 0 Å². The molecule has 5 aliphatic rings. The summed E-state index contributed by atoms with van der Waals surface area (Å²) in [5.41, 5.74) is 10.1. The molecule has 7 rings (SSSR count). The third-order valence-electron chi connectivity index (χ3n) is 7.20. The summed E-state index contributed by atoms with van der Waals surface area (Å²) in [5, 5.41) is 0. The number of allylic oxidation sites excluding steroid dienone is 9. The summed E-state index contributed by atoms with van der Waals surface area (Å²) in [7, 11) is 0. The summed E-state index contributed by atoms with van der Waals surface area (Å²) in [6.07, 6.45) is 20.7. The van der Waals surface area contributed by atoms with E-state index in [2.05, 4.69) is 84.6 Å². The van der Waals surface area contributed by atoms with E-state index in [1.165, 1.54) is 0 Å². The fourth-order valence-corrected chi connectivity index (χ4v) is 5.35. The molecule has 0 saturated carbocycles. The molecule has 198 valence electrons. The van der Waals surface area contributed by atoms with Crippen molar-refractivity contribution in [3.63, 3.8) is 0 Å². The van der Waals surface area contributed by atoms with Gasteiger partial charge in [-0.3, -0.25) is 0 Å². The van der Waals surface area contributed by atoms with Crippen LogP contribution in [0, 0.1) is 0 Å². The van der Waals surface area contributed by atoms with Gasteiger partial charge in [0.2, 0.25) is 0 Å². The van der Waals surface area contributed by atoms with Crippen LogP contribution in [0.4, 0.5) is 0 Å². The van der Waals surface area contributed by atoms with Gasteiger partial charge in [-0.05, 0) is 61.9 Å². The average Bonchev–Trinajstić information content (AvgIpc) is 3.79. The molecule has 6 nitrogen and oxygen atoms in total. The van der Waals surface area contributed by atoms with Gasteiger partial charge in [0.1, 0.15) is 5.82 Å². The van der Waals surface area contributed by atoms with Crippen molar-refractivity contribution in [3.05, 3.63) is 137 Å². The number of rotatable bonds is 3. The van der Waals surface area contributed by atoms with E-state index in [-0.39, 0.29) is 43.5 Å². The fraction of sp³-hybridized carbons (Fsp3) is 0.121. The Hall–Kier alpha value is -3.62. The third-order valence-corrected chi connectivity index (χ3v) is 7.20. The van der Waals surface area contributed by atoms with Gasteiger partial charge in [-0.25, -0.2) is 15.0 Å². The van der Waals surface area contributed by atoms with Gasteiger partial charge in [0, 0.05) is 36.6 Å². The van der Waals surface area contributed by atoms with Gasteiger partial charge >= 0.3 is 19.5 Å². The molecule has 0 aliphatic carbocycles. The largest absolute Gasteiger partial charge is 2.00 e. The van der Waals surface area contributed by atoms with Gasteiger partial charge in [0.05, 0.1) is 34.2 Å². The van der Waals surface area contributed by atoms with E-state index in [9.17, 15) is 0 Å². The quantitative estimate of drug-likeness (QED) is 0.366. The summed E-state index contributed by atoms with van der Waals surface area (Å²) < 4.78 is 0. The van der Waals surface area contributed by atoms with Crippen LogP contribution in [0.1, 0.15) is 30.8 Å². The first kappa shape index (κ1) is 28.9. The molecule has 1 aromatic heterocycles. The average molecular weight is 700 g/mol. The number of benzene rings is 1. The van der Waals surface area contributed by atoms with Gasteiger partial charge < -0.3 is 38.8 Å². The molecule has 1 aromatic carbocycles. The van der Waals surface area contributed by atoms with Crippen molar-refractivity contribution in [2.75, 3.05) is 13.1 Å². The second-order valence-corrected chi connectivity index (χ2v) is 9.62. The molecule has 0 N–H and O–H groups in total. The number of aromatic nitrogens is 1. The molecule has 8 bridgehead atoms. The van der Waals surface area contributed by atoms with Crippen LogP contribution in [0.15, 0.2) is 135 Å². The minimum Gasteiger partial charge on any atom is -1.00 e. The van der Waals surface area contributed by atoms with Crippen LogP contribution >= 0.6 is 0 Å². The normalized spacial score (nSPS) is 18.3. The van der Waals surface area contributed by atoms with E-state index in [4.69, 9.17) is 20.0 Å². The predicted molar refractivity (Wildman–Crippen MR) is 160 cm³/mol. The van der Waals surface area contributed by atoms with Crippen LogP contribution in [0.5, 0.6) is 0 Å². The van der Waals surface area contributed by atoms with Crippen LogP contribution in [-0.4, -0.2) is 40.0 Å². The van der Waals surface area contributed by atoms with E-state index in [1.54, 1.807) is 0 Å². The van der Waals surface area contributed by atoms with Crippen molar-refractivity contribution in [3.8, 4) is 0 Å². The molecule has 0 spiro atoms. The van der Waals surface area contributed by atoms with Gasteiger partial charge in [-0.2, -0.15) is 0 Å².